The summed E-state index contributed by atoms with van der Waals surface area (Å²) in [6.07, 6.45) is 3.33. The van der Waals surface area contributed by atoms with Gasteiger partial charge in [0.2, 0.25) is 11.8 Å². The monoisotopic (exact) mass is 389 g/mol. The molecular weight excluding hydrogens is 358 g/mol. The number of aromatic nitrogens is 1. The van der Waals surface area contributed by atoms with Crippen LogP contribution in [0.4, 0.5) is 0 Å². The summed E-state index contributed by atoms with van der Waals surface area (Å²) in [6.45, 7) is 9.77. The van der Waals surface area contributed by atoms with Crippen LogP contribution in [0, 0.1) is 5.41 Å². The van der Waals surface area contributed by atoms with Gasteiger partial charge in [0, 0.05) is 30.4 Å². The Morgan fingerprint density at radius 1 is 1.18 bits per heavy atom. The summed E-state index contributed by atoms with van der Waals surface area (Å²) >= 11 is 0. The quantitative estimate of drug-likeness (QED) is 0.609. The van der Waals surface area contributed by atoms with E-state index in [4.69, 9.17) is 5.11 Å². The van der Waals surface area contributed by atoms with Crippen molar-refractivity contribution in [3.63, 3.8) is 0 Å². The molecule has 2 rings (SSSR count). The van der Waals surface area contributed by atoms with Gasteiger partial charge in [-0.1, -0.05) is 52.3 Å². The van der Waals surface area contributed by atoms with Crippen molar-refractivity contribution in [2.24, 2.45) is 5.41 Å². The first-order valence-corrected chi connectivity index (χ1v) is 9.35. The molecule has 28 heavy (non-hydrogen) atoms. The maximum atomic E-state index is 12.0. The standard InChI is InChI=1S/C15H17N3O4.C6H14/c1-9(19)18-13(15(22)17-8-14(20)21)6-10-7-16-12-5-3-2-4-11(10)12;1-5-6(2,3)4/h2-5,7,13,16H,6,8H2,1H3,(H,17,22)(H,18,19)(H,20,21);5H2,1-4H3. The van der Waals surface area contributed by atoms with E-state index in [1.54, 1.807) is 6.20 Å². The molecule has 0 fully saturated rings. The molecule has 0 saturated heterocycles. The van der Waals surface area contributed by atoms with E-state index in [0.717, 1.165) is 16.5 Å². The largest absolute Gasteiger partial charge is 0.480 e. The fraction of sp³-hybridized carbons (Fsp3) is 0.476. The molecule has 1 atom stereocenters. The van der Waals surface area contributed by atoms with Crippen molar-refractivity contribution in [2.45, 2.75) is 53.5 Å². The van der Waals surface area contributed by atoms with Crippen LogP contribution in [-0.4, -0.2) is 40.5 Å². The first-order valence-electron chi connectivity index (χ1n) is 9.35. The fourth-order valence-electron chi connectivity index (χ4n) is 2.26. The van der Waals surface area contributed by atoms with Crippen molar-refractivity contribution in [1.82, 2.24) is 15.6 Å². The summed E-state index contributed by atoms with van der Waals surface area (Å²) in [7, 11) is 0. The number of amides is 2. The fourth-order valence-corrected chi connectivity index (χ4v) is 2.26. The van der Waals surface area contributed by atoms with Gasteiger partial charge in [0.05, 0.1) is 0 Å². The average molecular weight is 389 g/mol. The average Bonchev–Trinajstić information content (AvgIpc) is 3.02. The van der Waals surface area contributed by atoms with E-state index >= 15 is 0 Å². The summed E-state index contributed by atoms with van der Waals surface area (Å²) in [5.41, 5.74) is 2.35. The number of benzene rings is 1. The molecule has 0 aliphatic carbocycles. The molecule has 0 aliphatic heterocycles. The lowest BCUT2D eigenvalue weighted by atomic mass is 9.94. The van der Waals surface area contributed by atoms with Crippen LogP contribution in [-0.2, 0) is 20.8 Å². The number of H-pyrrole nitrogens is 1. The van der Waals surface area contributed by atoms with Crippen LogP contribution in [0.2, 0.25) is 0 Å². The number of aromatic amines is 1. The van der Waals surface area contributed by atoms with E-state index in [1.807, 2.05) is 24.3 Å². The molecule has 7 heteroatoms. The number of fused-ring (bicyclic) bond motifs is 1. The third-order valence-corrected chi connectivity index (χ3v) is 4.27. The first-order chi connectivity index (χ1) is 13.0. The van der Waals surface area contributed by atoms with Crippen molar-refractivity contribution in [2.75, 3.05) is 6.54 Å². The Labute approximate surface area is 165 Å². The summed E-state index contributed by atoms with van der Waals surface area (Å²) in [4.78, 5) is 37.0. The molecule has 1 aromatic heterocycles. The minimum atomic E-state index is -1.14. The number of rotatable bonds is 6. The highest BCUT2D eigenvalue weighted by Crippen LogP contribution is 2.19. The van der Waals surface area contributed by atoms with Crippen molar-refractivity contribution in [3.05, 3.63) is 36.0 Å². The second-order valence-electron chi connectivity index (χ2n) is 7.84. The van der Waals surface area contributed by atoms with E-state index in [9.17, 15) is 14.4 Å². The van der Waals surface area contributed by atoms with Gasteiger partial charge >= 0.3 is 5.97 Å². The second-order valence-corrected chi connectivity index (χ2v) is 7.84. The Hall–Kier alpha value is -2.83. The summed E-state index contributed by atoms with van der Waals surface area (Å²) in [5.74, 6) is -2.01. The molecule has 2 amide bonds. The van der Waals surface area contributed by atoms with Crippen LogP contribution >= 0.6 is 0 Å². The third-order valence-electron chi connectivity index (χ3n) is 4.27. The smallest absolute Gasteiger partial charge is 0.322 e. The van der Waals surface area contributed by atoms with Gasteiger partial charge in [-0.15, -0.1) is 0 Å². The number of hydrogen-bond donors (Lipinski definition) is 4. The summed E-state index contributed by atoms with van der Waals surface area (Å²) in [6, 6.07) is 6.79. The molecule has 0 aliphatic rings. The van der Waals surface area contributed by atoms with E-state index in [1.165, 1.54) is 13.3 Å². The molecule has 4 N–H and O–H groups in total. The maximum Gasteiger partial charge on any atom is 0.322 e. The van der Waals surface area contributed by atoms with Crippen LogP contribution in [0.3, 0.4) is 0 Å². The molecule has 1 unspecified atom stereocenters. The molecular formula is C21H31N3O4. The number of carboxylic acid groups (broad SMARTS) is 1. The van der Waals surface area contributed by atoms with E-state index in [-0.39, 0.29) is 12.3 Å². The maximum absolute atomic E-state index is 12.0. The highest BCUT2D eigenvalue weighted by Gasteiger charge is 2.21. The molecule has 1 aromatic carbocycles. The third kappa shape index (κ3) is 8.24. The van der Waals surface area contributed by atoms with Crippen LogP contribution < -0.4 is 10.6 Å². The van der Waals surface area contributed by atoms with Gasteiger partial charge in [0.15, 0.2) is 0 Å². The summed E-state index contributed by atoms with van der Waals surface area (Å²) in [5, 5.41) is 14.4. The number of carbonyl (C=O) groups is 3. The first kappa shape index (κ1) is 23.2. The van der Waals surface area contributed by atoms with Crippen molar-refractivity contribution in [3.8, 4) is 0 Å². The van der Waals surface area contributed by atoms with Gasteiger partial charge in [0.1, 0.15) is 12.6 Å². The highest BCUT2D eigenvalue weighted by molar-refractivity contribution is 5.90. The minimum Gasteiger partial charge on any atom is -0.480 e. The summed E-state index contributed by atoms with van der Waals surface area (Å²) < 4.78 is 0. The minimum absolute atomic E-state index is 0.273. The zero-order valence-corrected chi connectivity index (χ0v) is 17.3. The van der Waals surface area contributed by atoms with Crippen molar-refractivity contribution in [1.29, 1.82) is 0 Å². The number of aliphatic carboxylic acids is 1. The molecule has 0 bridgehead atoms. The van der Waals surface area contributed by atoms with Gasteiger partial charge in [-0.3, -0.25) is 14.4 Å². The molecule has 0 radical (unpaired) electrons. The van der Waals surface area contributed by atoms with E-state index < -0.39 is 24.5 Å². The van der Waals surface area contributed by atoms with Crippen LogP contribution in [0.15, 0.2) is 30.5 Å². The predicted molar refractivity (Wildman–Crippen MR) is 110 cm³/mol. The Morgan fingerprint density at radius 3 is 2.32 bits per heavy atom. The lowest BCUT2D eigenvalue weighted by Gasteiger charge is -2.16. The number of nitrogens with one attached hydrogen (secondary N) is 3. The molecule has 0 spiro atoms. The zero-order chi connectivity index (χ0) is 21.3. The molecule has 0 saturated carbocycles. The van der Waals surface area contributed by atoms with Crippen LogP contribution in [0.25, 0.3) is 10.9 Å². The molecule has 7 nitrogen and oxygen atoms in total. The number of hydrogen-bond acceptors (Lipinski definition) is 3. The number of para-hydroxylation sites is 1. The number of carboxylic acids is 1. The van der Waals surface area contributed by atoms with Crippen LogP contribution in [0.1, 0.15) is 46.6 Å². The zero-order valence-electron chi connectivity index (χ0n) is 17.3. The Morgan fingerprint density at radius 2 is 1.79 bits per heavy atom. The molecule has 1 heterocycles. The van der Waals surface area contributed by atoms with Gasteiger partial charge in [-0.25, -0.2) is 0 Å². The van der Waals surface area contributed by atoms with Crippen molar-refractivity contribution >= 4 is 28.7 Å². The Kier molecular flexibility index (Phi) is 8.70. The topological polar surface area (TPSA) is 111 Å². The van der Waals surface area contributed by atoms with Gasteiger partial charge in [-0.2, -0.15) is 0 Å². The second kappa shape index (κ2) is 10.5. The van der Waals surface area contributed by atoms with Crippen LogP contribution in [0.5, 0.6) is 0 Å². The molecule has 154 valence electrons. The van der Waals surface area contributed by atoms with Crippen molar-refractivity contribution < 1.29 is 19.5 Å². The predicted octanol–water partition coefficient (Wildman–Crippen LogP) is 2.86. The molecule has 2 aromatic rings. The number of carbonyl (C=O) groups excluding carboxylic acids is 2. The lowest BCUT2D eigenvalue weighted by Crippen LogP contribution is -2.48. The Balaban J connectivity index is 0.000000568. The van der Waals surface area contributed by atoms with Gasteiger partial charge < -0.3 is 20.7 Å². The SMILES string of the molecule is CC(=O)NC(Cc1c[nH]c2ccccc12)C(=O)NCC(=O)O.CCC(C)(C)C. The van der Waals surface area contributed by atoms with Gasteiger partial charge in [0.25, 0.3) is 0 Å². The highest BCUT2D eigenvalue weighted by atomic mass is 16.4. The van der Waals surface area contributed by atoms with Gasteiger partial charge in [-0.05, 0) is 17.0 Å². The van der Waals surface area contributed by atoms with E-state index in [0.29, 0.717) is 5.41 Å². The normalized spacial score (nSPS) is 11.9. The Bertz CT molecular complexity index is 805. The van der Waals surface area contributed by atoms with E-state index in [2.05, 4.69) is 43.3 Å². The lowest BCUT2D eigenvalue weighted by molar-refractivity contribution is -0.138.